The van der Waals surface area contributed by atoms with Crippen LogP contribution < -0.4 is 0 Å². The zero-order chi connectivity index (χ0) is 32.7. The molecule has 2 nitrogen and oxygen atoms in total. The molecule has 0 heterocycles. The lowest BCUT2D eigenvalue weighted by Gasteiger charge is -2.42. The number of halogens is 16. The molecule has 1 aromatic carbocycles. The Balaban J connectivity index is 2.23. The molecular weight excluding hydrogens is 624 g/mol. The molecule has 0 aromatic heterocycles. The van der Waals surface area contributed by atoms with Crippen LogP contribution in [0.15, 0.2) is 24.3 Å². The highest BCUT2D eigenvalue weighted by molar-refractivity contribution is 5.89. The summed E-state index contributed by atoms with van der Waals surface area (Å²) < 4.78 is 218. The van der Waals surface area contributed by atoms with Gasteiger partial charge in [-0.2, -0.15) is 61.5 Å². The fourth-order valence-corrected chi connectivity index (χ4v) is 4.29. The lowest BCUT2D eigenvalue weighted by atomic mass is 9.78. The van der Waals surface area contributed by atoms with Gasteiger partial charge in [-0.25, -0.2) is 13.6 Å². The minimum absolute atomic E-state index is 0.0518. The number of rotatable bonds is 12. The van der Waals surface area contributed by atoms with Gasteiger partial charge in [0, 0.05) is 0 Å². The molecule has 0 aliphatic heterocycles. The van der Waals surface area contributed by atoms with Gasteiger partial charge >= 0.3 is 53.9 Å². The molecule has 0 N–H and O–H groups in total. The van der Waals surface area contributed by atoms with Gasteiger partial charge in [-0.05, 0) is 55.2 Å². The molecule has 0 amide bonds. The van der Waals surface area contributed by atoms with E-state index in [0.717, 1.165) is 44.2 Å². The van der Waals surface area contributed by atoms with Crippen LogP contribution in [0.4, 0.5) is 70.2 Å². The van der Waals surface area contributed by atoms with Gasteiger partial charge in [0.15, 0.2) is 6.61 Å². The fourth-order valence-electron chi connectivity index (χ4n) is 4.29. The van der Waals surface area contributed by atoms with Gasteiger partial charge < -0.3 is 4.74 Å². The van der Waals surface area contributed by atoms with Crippen molar-refractivity contribution in [3.63, 3.8) is 0 Å². The Kier molecular flexibility index (Phi) is 9.86. The molecule has 0 atom stereocenters. The van der Waals surface area contributed by atoms with E-state index < -0.39 is 66.0 Å². The Morgan fingerprint density at radius 2 is 1.14 bits per heavy atom. The van der Waals surface area contributed by atoms with Crippen molar-refractivity contribution in [2.45, 2.75) is 92.8 Å². The summed E-state index contributed by atoms with van der Waals surface area (Å²) in [5.41, 5.74) is 0.0626. The smallest absolute Gasteiger partial charge is 0.385 e. The molecule has 2 rings (SSSR count). The van der Waals surface area contributed by atoms with E-state index in [4.69, 9.17) is 0 Å². The van der Waals surface area contributed by atoms with Gasteiger partial charge in [0.1, 0.15) is 0 Å². The highest BCUT2D eigenvalue weighted by Crippen LogP contribution is 2.62. The van der Waals surface area contributed by atoms with Crippen molar-refractivity contribution in [2.75, 3.05) is 6.61 Å². The number of hydrogen-bond acceptors (Lipinski definition) is 2. The molecule has 1 fully saturated rings. The maximum Gasteiger partial charge on any atom is 0.385 e. The van der Waals surface area contributed by atoms with Crippen LogP contribution in [0.3, 0.4) is 0 Å². The van der Waals surface area contributed by atoms with Crippen molar-refractivity contribution in [1.82, 2.24) is 0 Å². The summed E-state index contributed by atoms with van der Waals surface area (Å²) in [7, 11) is 0. The van der Waals surface area contributed by atoms with E-state index in [1.165, 1.54) is 12.1 Å². The number of esters is 1. The molecule has 42 heavy (non-hydrogen) atoms. The van der Waals surface area contributed by atoms with E-state index in [9.17, 15) is 75.0 Å². The highest BCUT2D eigenvalue weighted by atomic mass is 19.4. The molecule has 0 spiro atoms. The molecule has 242 valence electrons. The molecule has 0 bridgehead atoms. The third-order valence-electron chi connectivity index (χ3n) is 7.16. The summed E-state index contributed by atoms with van der Waals surface area (Å²) in [5, 5.41) is 0. The fraction of sp³-hybridized carbons (Fsp3) is 0.708. The van der Waals surface area contributed by atoms with Gasteiger partial charge in [-0.3, -0.25) is 0 Å². The molecule has 1 saturated carbocycles. The van der Waals surface area contributed by atoms with Crippen molar-refractivity contribution >= 4 is 5.97 Å². The van der Waals surface area contributed by atoms with E-state index in [0.29, 0.717) is 11.5 Å². The summed E-state index contributed by atoms with van der Waals surface area (Å²) in [4.78, 5) is 12.0. The quantitative estimate of drug-likeness (QED) is 0.167. The normalized spacial score (nSPS) is 20.1. The van der Waals surface area contributed by atoms with E-state index in [1.54, 1.807) is 0 Å². The first-order valence-corrected chi connectivity index (χ1v) is 12.0. The van der Waals surface area contributed by atoms with Crippen LogP contribution in [0, 0.1) is 5.92 Å². The molecule has 0 saturated heterocycles. The average Bonchev–Trinajstić information content (AvgIpc) is 2.91. The van der Waals surface area contributed by atoms with Gasteiger partial charge in [-0.15, -0.1) is 0 Å². The molecular formula is C24H22F16O2. The summed E-state index contributed by atoms with van der Waals surface area (Å²) in [6.07, 6.45) is -1.60. The van der Waals surface area contributed by atoms with Crippen molar-refractivity contribution in [3.8, 4) is 0 Å². The second-order valence-electron chi connectivity index (χ2n) is 9.82. The predicted octanol–water partition coefficient (Wildman–Crippen LogP) is 9.24. The maximum absolute atomic E-state index is 14.0. The molecule has 0 unspecified atom stereocenters. The Morgan fingerprint density at radius 3 is 1.57 bits per heavy atom. The van der Waals surface area contributed by atoms with E-state index in [2.05, 4.69) is 4.74 Å². The summed E-state index contributed by atoms with van der Waals surface area (Å²) in [6.45, 7) is -1.19. The molecule has 1 aliphatic rings. The van der Waals surface area contributed by atoms with Crippen LogP contribution in [0.2, 0.25) is 0 Å². The lowest BCUT2D eigenvalue weighted by molar-refractivity contribution is -0.447. The summed E-state index contributed by atoms with van der Waals surface area (Å²) in [5.74, 6) is -56.8. The Morgan fingerprint density at radius 1 is 0.714 bits per heavy atom. The van der Waals surface area contributed by atoms with Crippen LogP contribution in [-0.4, -0.2) is 60.5 Å². The number of ether oxygens (including phenoxy) is 1. The number of carbonyl (C=O) groups excluding carboxylic acids is 1. The van der Waals surface area contributed by atoms with Gasteiger partial charge in [-0.1, -0.05) is 25.5 Å². The van der Waals surface area contributed by atoms with Crippen molar-refractivity contribution in [1.29, 1.82) is 0 Å². The molecule has 18 heteroatoms. The second kappa shape index (κ2) is 11.6. The Labute approximate surface area is 227 Å². The zero-order valence-electron chi connectivity index (χ0n) is 21.1. The van der Waals surface area contributed by atoms with Crippen LogP contribution in [-0.2, 0) is 4.74 Å². The third kappa shape index (κ3) is 5.74. The van der Waals surface area contributed by atoms with Crippen LogP contribution >= 0.6 is 0 Å². The van der Waals surface area contributed by atoms with Gasteiger partial charge in [0.2, 0.25) is 0 Å². The topological polar surface area (TPSA) is 26.3 Å². The minimum atomic E-state index is -8.50. The third-order valence-corrected chi connectivity index (χ3v) is 7.16. The largest absolute Gasteiger partial charge is 0.455 e. The van der Waals surface area contributed by atoms with Crippen molar-refractivity contribution in [3.05, 3.63) is 35.4 Å². The van der Waals surface area contributed by atoms with Crippen molar-refractivity contribution in [2.24, 2.45) is 5.92 Å². The van der Waals surface area contributed by atoms with E-state index >= 15 is 0 Å². The van der Waals surface area contributed by atoms with Crippen molar-refractivity contribution < 1.29 is 79.8 Å². The van der Waals surface area contributed by atoms with E-state index in [-0.39, 0.29) is 5.92 Å². The molecule has 1 aliphatic carbocycles. The first kappa shape index (κ1) is 35.8. The zero-order valence-corrected chi connectivity index (χ0v) is 21.1. The summed E-state index contributed by atoms with van der Waals surface area (Å²) in [6, 6.07) is 4.61. The first-order chi connectivity index (χ1) is 18.8. The second-order valence-corrected chi connectivity index (χ2v) is 9.82. The monoisotopic (exact) mass is 646 g/mol. The first-order valence-electron chi connectivity index (χ1n) is 12.0. The van der Waals surface area contributed by atoms with E-state index in [1.807, 2.05) is 6.92 Å². The Bertz CT molecular complexity index is 1080. The average molecular weight is 646 g/mol. The van der Waals surface area contributed by atoms with Crippen LogP contribution in [0.25, 0.3) is 0 Å². The number of carbonyl (C=O) groups is 1. The molecule has 0 radical (unpaired) electrons. The number of benzene rings is 1. The van der Waals surface area contributed by atoms with Crippen LogP contribution in [0.5, 0.6) is 0 Å². The predicted molar refractivity (Wildman–Crippen MR) is 112 cm³/mol. The number of hydrogen-bond donors (Lipinski definition) is 0. The van der Waals surface area contributed by atoms with Gasteiger partial charge in [0.25, 0.3) is 0 Å². The molecule has 1 aromatic rings. The van der Waals surface area contributed by atoms with Gasteiger partial charge in [0.05, 0.1) is 5.56 Å². The maximum atomic E-state index is 14.0. The standard InChI is InChI=1S/C24H22F16O2/c1-2-12-3-5-13(6-4-12)14-7-9-15(10-8-14)16(41)42-11-18(27,28)20(31,32)22(35,36)24(39,40)23(37,38)21(33,34)19(29,30)17(25)26/h7-10,12-13,17H,2-6,11H2,1H3/t12-,13-. The van der Waals surface area contributed by atoms with Crippen LogP contribution in [0.1, 0.15) is 60.9 Å². The number of alkyl halides is 16. The highest BCUT2D eigenvalue weighted by Gasteiger charge is 2.93. The summed E-state index contributed by atoms with van der Waals surface area (Å²) >= 11 is 0. The Hall–Kier alpha value is -2.43. The SMILES string of the molecule is CC[C@H]1CC[C@H](c2ccc(C(=O)OCC(F)(F)C(F)(F)C(F)(F)C(F)(F)C(F)(F)C(F)(F)C(F)(F)C(F)F)cc2)CC1. The minimum Gasteiger partial charge on any atom is -0.455 e. The lowest BCUT2D eigenvalue weighted by Crippen LogP contribution is -2.74.